The maximum Gasteiger partial charge on any atom is 0.133 e. The number of benzene rings is 1. The summed E-state index contributed by atoms with van der Waals surface area (Å²) in [5.41, 5.74) is 0.126. The van der Waals surface area contributed by atoms with Gasteiger partial charge in [-0.1, -0.05) is 86.6 Å². The minimum Gasteiger partial charge on any atom is -0.246 e. The molecule has 0 saturated heterocycles. The second kappa shape index (κ2) is 8.08. The molecule has 0 saturated carbocycles. The van der Waals surface area contributed by atoms with Gasteiger partial charge in [0.2, 0.25) is 0 Å². The molecule has 0 N–H and O–H groups in total. The zero-order chi connectivity index (χ0) is 17.7. The molecule has 0 aliphatic heterocycles. The van der Waals surface area contributed by atoms with Gasteiger partial charge in [0.1, 0.15) is 12.3 Å². The molecule has 0 nitrogen and oxygen atoms in total. The van der Waals surface area contributed by atoms with Crippen LogP contribution in [0.15, 0.2) is 24.3 Å². The molecule has 0 radical (unpaired) electrons. The highest BCUT2D eigenvalue weighted by Gasteiger charge is 2.44. The van der Waals surface area contributed by atoms with Gasteiger partial charge >= 0.3 is 0 Å². The van der Waals surface area contributed by atoms with E-state index in [0.717, 1.165) is 0 Å². The molecule has 128 valence electrons. The molecule has 0 bridgehead atoms. The molecule has 0 spiro atoms. The fraction of sp³-hybridized carbons (Fsp3) is 0.700. The lowest BCUT2D eigenvalue weighted by molar-refractivity contribution is -0.0164. The van der Waals surface area contributed by atoms with E-state index in [4.69, 9.17) is 0 Å². The molecule has 1 aromatic rings. The highest BCUT2D eigenvalue weighted by atomic mass is 19.1. The van der Waals surface area contributed by atoms with Crippen LogP contribution in [0.3, 0.4) is 0 Å². The average molecular weight is 312 g/mol. The third-order valence-corrected chi connectivity index (χ3v) is 3.96. The smallest absolute Gasteiger partial charge is 0.133 e. The molecule has 0 heterocycles. The third-order valence-electron chi connectivity index (χ3n) is 3.96. The Bertz CT molecular complexity index is 424. The van der Waals surface area contributed by atoms with Crippen molar-refractivity contribution < 1.29 is 8.78 Å². The fourth-order valence-corrected chi connectivity index (χ4v) is 2.72. The molecule has 1 aromatic carbocycles. The zero-order valence-corrected chi connectivity index (χ0v) is 15.8. The Hall–Kier alpha value is -0.920. The SMILES string of the molecule is CC.CC(C)c1ccc(C(F)C(C)(C)C(F)C(C)(C)C)cc1. The molecule has 0 fully saturated rings. The van der Waals surface area contributed by atoms with E-state index in [9.17, 15) is 8.78 Å². The quantitative estimate of drug-likeness (QED) is 0.549. The molecule has 2 unspecified atom stereocenters. The van der Waals surface area contributed by atoms with Gasteiger partial charge in [-0.2, -0.15) is 0 Å². The number of halogens is 2. The van der Waals surface area contributed by atoms with Gasteiger partial charge in [-0.3, -0.25) is 0 Å². The van der Waals surface area contributed by atoms with Crippen molar-refractivity contribution in [2.45, 2.75) is 80.6 Å². The van der Waals surface area contributed by atoms with E-state index >= 15 is 0 Å². The van der Waals surface area contributed by atoms with Crippen molar-refractivity contribution >= 4 is 0 Å². The fourth-order valence-electron chi connectivity index (χ4n) is 2.72. The van der Waals surface area contributed by atoms with Crippen LogP contribution in [0, 0.1) is 10.8 Å². The van der Waals surface area contributed by atoms with Crippen molar-refractivity contribution in [1.82, 2.24) is 0 Å². The van der Waals surface area contributed by atoms with E-state index in [2.05, 4.69) is 13.8 Å². The molecule has 2 atom stereocenters. The molecule has 0 aliphatic carbocycles. The topological polar surface area (TPSA) is 0 Å². The van der Waals surface area contributed by atoms with Gasteiger partial charge in [-0.05, 0) is 22.5 Å². The summed E-state index contributed by atoms with van der Waals surface area (Å²) in [4.78, 5) is 0. The van der Waals surface area contributed by atoms with Crippen LogP contribution in [-0.4, -0.2) is 6.17 Å². The van der Waals surface area contributed by atoms with Crippen molar-refractivity contribution in [3.63, 3.8) is 0 Å². The Morgan fingerprint density at radius 3 is 1.45 bits per heavy atom. The highest BCUT2D eigenvalue weighted by Crippen LogP contribution is 2.46. The van der Waals surface area contributed by atoms with E-state index in [1.807, 2.05) is 46.8 Å². The lowest BCUT2D eigenvalue weighted by Crippen LogP contribution is -2.39. The van der Waals surface area contributed by atoms with Gasteiger partial charge in [0.05, 0.1) is 0 Å². The Balaban J connectivity index is 0.00000211. The largest absolute Gasteiger partial charge is 0.246 e. The maximum absolute atomic E-state index is 14.8. The van der Waals surface area contributed by atoms with Gasteiger partial charge in [0.25, 0.3) is 0 Å². The summed E-state index contributed by atoms with van der Waals surface area (Å²) < 4.78 is 29.4. The summed E-state index contributed by atoms with van der Waals surface area (Å²) in [6.45, 7) is 17.0. The summed E-state index contributed by atoms with van der Waals surface area (Å²) in [5.74, 6) is 0.415. The van der Waals surface area contributed by atoms with Crippen molar-refractivity contribution in [2.75, 3.05) is 0 Å². The number of alkyl halides is 2. The Labute approximate surface area is 136 Å². The van der Waals surface area contributed by atoms with E-state index in [1.165, 1.54) is 5.56 Å². The molecule has 22 heavy (non-hydrogen) atoms. The molecule has 0 aliphatic rings. The molecule has 2 heteroatoms. The van der Waals surface area contributed by atoms with Crippen LogP contribution in [-0.2, 0) is 0 Å². The summed E-state index contributed by atoms with van der Waals surface area (Å²) >= 11 is 0. The van der Waals surface area contributed by atoms with Gasteiger partial charge < -0.3 is 0 Å². The van der Waals surface area contributed by atoms with Crippen LogP contribution >= 0.6 is 0 Å². The molecule has 0 amide bonds. The van der Waals surface area contributed by atoms with Crippen molar-refractivity contribution in [1.29, 1.82) is 0 Å². The van der Waals surface area contributed by atoms with Gasteiger partial charge in [0.15, 0.2) is 0 Å². The Morgan fingerprint density at radius 2 is 1.14 bits per heavy atom. The van der Waals surface area contributed by atoms with Crippen LogP contribution in [0.4, 0.5) is 8.78 Å². The molecule has 1 rings (SSSR count). The summed E-state index contributed by atoms with van der Waals surface area (Å²) in [5, 5.41) is 0. The lowest BCUT2D eigenvalue weighted by Gasteiger charge is -2.39. The second-order valence-electron chi connectivity index (χ2n) is 7.73. The highest BCUT2D eigenvalue weighted by molar-refractivity contribution is 5.27. The first kappa shape index (κ1) is 21.1. The third kappa shape index (κ3) is 5.07. The average Bonchev–Trinajstić information content (AvgIpc) is 2.46. The monoisotopic (exact) mass is 312 g/mol. The number of rotatable bonds is 4. The number of hydrogen-bond donors (Lipinski definition) is 0. The van der Waals surface area contributed by atoms with Crippen LogP contribution in [0.2, 0.25) is 0 Å². The zero-order valence-electron chi connectivity index (χ0n) is 15.8. The summed E-state index contributed by atoms with van der Waals surface area (Å²) in [7, 11) is 0. The van der Waals surface area contributed by atoms with Gasteiger partial charge in [-0.25, -0.2) is 8.78 Å². The first-order chi connectivity index (χ1) is 9.98. The first-order valence-corrected chi connectivity index (χ1v) is 8.36. The van der Waals surface area contributed by atoms with E-state index in [-0.39, 0.29) is 0 Å². The Kier molecular flexibility index (Phi) is 7.74. The van der Waals surface area contributed by atoms with Gasteiger partial charge in [0, 0.05) is 5.41 Å². The van der Waals surface area contributed by atoms with Crippen LogP contribution < -0.4 is 0 Å². The summed E-state index contributed by atoms with van der Waals surface area (Å²) in [6, 6.07) is 7.45. The summed E-state index contributed by atoms with van der Waals surface area (Å²) in [6.07, 6.45) is -2.52. The normalized spacial score (nSPS) is 15.1. The van der Waals surface area contributed by atoms with Gasteiger partial charge in [-0.15, -0.1) is 0 Å². The molecule has 0 aromatic heterocycles. The standard InChI is InChI=1S/C18H28F2.C2H6/c1-12(2)13-8-10-14(11-9-13)15(19)18(6,7)16(20)17(3,4)5;1-2/h8-12,15-16H,1-7H3;1-2H3. The lowest BCUT2D eigenvalue weighted by atomic mass is 9.70. The maximum atomic E-state index is 14.8. The van der Waals surface area contributed by atoms with E-state index in [1.54, 1.807) is 26.0 Å². The minimum absolute atomic E-state index is 0.415. The predicted molar refractivity (Wildman–Crippen MR) is 93.9 cm³/mol. The molecular formula is C20H34F2. The Morgan fingerprint density at radius 1 is 0.773 bits per heavy atom. The first-order valence-electron chi connectivity index (χ1n) is 8.36. The van der Waals surface area contributed by atoms with E-state index < -0.39 is 23.2 Å². The van der Waals surface area contributed by atoms with Crippen LogP contribution in [0.1, 0.15) is 85.5 Å². The molecular weight excluding hydrogens is 278 g/mol. The minimum atomic E-state index is -1.31. The van der Waals surface area contributed by atoms with E-state index in [0.29, 0.717) is 11.5 Å². The van der Waals surface area contributed by atoms with Crippen molar-refractivity contribution in [3.8, 4) is 0 Å². The van der Waals surface area contributed by atoms with Crippen LogP contribution in [0.5, 0.6) is 0 Å². The predicted octanol–water partition coefficient (Wildman–Crippen LogP) is 7.26. The second-order valence-corrected chi connectivity index (χ2v) is 7.73. The van der Waals surface area contributed by atoms with Crippen molar-refractivity contribution in [3.05, 3.63) is 35.4 Å². The van der Waals surface area contributed by atoms with Crippen molar-refractivity contribution in [2.24, 2.45) is 10.8 Å². The van der Waals surface area contributed by atoms with Crippen LogP contribution in [0.25, 0.3) is 0 Å². The number of hydrogen-bond acceptors (Lipinski definition) is 0.